The first-order valence-corrected chi connectivity index (χ1v) is 5.41. The van der Waals surface area contributed by atoms with Crippen LogP contribution in [0.1, 0.15) is 20.8 Å². The summed E-state index contributed by atoms with van der Waals surface area (Å²) < 4.78 is 16.2. The summed E-state index contributed by atoms with van der Waals surface area (Å²) in [6.45, 7) is 5.81. The summed E-state index contributed by atoms with van der Waals surface area (Å²) >= 11 is 0. The predicted octanol–water partition coefficient (Wildman–Crippen LogP) is -0.640. The van der Waals surface area contributed by atoms with Crippen LogP contribution in [0.3, 0.4) is 0 Å². The van der Waals surface area contributed by atoms with Crippen molar-refractivity contribution >= 4 is 5.91 Å². The van der Waals surface area contributed by atoms with Crippen molar-refractivity contribution in [1.29, 1.82) is 0 Å². The number of nitrogens with one attached hydrogen (secondary N) is 1. The Morgan fingerprint density at radius 1 is 1.38 bits per heavy atom. The highest BCUT2D eigenvalue weighted by molar-refractivity contribution is 5.82. The molecule has 4 atom stereocenters. The van der Waals surface area contributed by atoms with Crippen LogP contribution in [0.2, 0.25) is 0 Å². The van der Waals surface area contributed by atoms with Gasteiger partial charge in [0.05, 0.1) is 0 Å². The van der Waals surface area contributed by atoms with Crippen molar-refractivity contribution in [3.63, 3.8) is 0 Å². The van der Waals surface area contributed by atoms with Crippen molar-refractivity contribution in [3.8, 4) is 0 Å². The number of aliphatic hydroxyl groups is 1. The third-order valence-electron chi connectivity index (χ3n) is 2.64. The number of likely N-dealkylation sites (N-methyl/N-ethyl adjacent to an activating group) is 1. The average molecular weight is 231 g/mol. The van der Waals surface area contributed by atoms with Crippen LogP contribution < -0.4 is 5.32 Å². The van der Waals surface area contributed by atoms with E-state index in [4.69, 9.17) is 14.2 Å². The molecule has 2 fully saturated rings. The quantitative estimate of drug-likeness (QED) is 0.661. The SMILES string of the molecule is CCNC(=O)[C@H]1O[C@@H](O)[C@@H]2OC(C)(C)O[C@@H]21. The maximum absolute atomic E-state index is 11.7. The van der Waals surface area contributed by atoms with Gasteiger partial charge in [-0.05, 0) is 20.8 Å². The van der Waals surface area contributed by atoms with Crippen molar-refractivity contribution in [2.24, 2.45) is 0 Å². The zero-order chi connectivity index (χ0) is 11.9. The Hall–Kier alpha value is -0.690. The fraction of sp³-hybridized carbons (Fsp3) is 0.900. The van der Waals surface area contributed by atoms with Gasteiger partial charge in [0.1, 0.15) is 12.2 Å². The molecule has 0 aromatic rings. The highest BCUT2D eigenvalue weighted by atomic mass is 16.8. The normalized spacial score (nSPS) is 40.8. The monoisotopic (exact) mass is 231 g/mol. The first-order valence-electron chi connectivity index (χ1n) is 5.41. The number of aliphatic hydroxyl groups excluding tert-OH is 1. The summed E-state index contributed by atoms with van der Waals surface area (Å²) in [6, 6.07) is 0. The highest BCUT2D eigenvalue weighted by Crippen LogP contribution is 2.37. The fourth-order valence-electron chi connectivity index (χ4n) is 2.06. The lowest BCUT2D eigenvalue weighted by atomic mass is 10.1. The molecule has 16 heavy (non-hydrogen) atoms. The molecule has 2 aliphatic heterocycles. The minimum atomic E-state index is -1.11. The van der Waals surface area contributed by atoms with Gasteiger partial charge < -0.3 is 24.6 Å². The van der Waals surface area contributed by atoms with Gasteiger partial charge in [-0.25, -0.2) is 0 Å². The van der Waals surface area contributed by atoms with E-state index in [2.05, 4.69) is 5.32 Å². The molecule has 1 amide bonds. The van der Waals surface area contributed by atoms with Crippen molar-refractivity contribution < 1.29 is 24.1 Å². The van der Waals surface area contributed by atoms with E-state index in [1.54, 1.807) is 13.8 Å². The maximum atomic E-state index is 11.7. The summed E-state index contributed by atoms with van der Waals surface area (Å²) in [6.07, 6.45) is -3.06. The molecule has 0 aliphatic carbocycles. The lowest BCUT2D eigenvalue weighted by molar-refractivity contribution is -0.219. The van der Waals surface area contributed by atoms with Crippen molar-refractivity contribution in [1.82, 2.24) is 5.32 Å². The Kier molecular flexibility index (Phi) is 2.91. The molecule has 92 valence electrons. The third-order valence-corrected chi connectivity index (χ3v) is 2.64. The van der Waals surface area contributed by atoms with Gasteiger partial charge in [-0.15, -0.1) is 0 Å². The topological polar surface area (TPSA) is 77.0 Å². The standard InChI is InChI=1S/C10H17NO5/c1-4-11-8(12)6-5-7(9(13)14-6)16-10(2,3)15-5/h5-7,9,13H,4H2,1-3H3,(H,11,12)/t5-,6+,7-,9-/m1/s1. The number of ether oxygens (including phenoxy) is 3. The molecule has 2 N–H and O–H groups in total. The van der Waals surface area contributed by atoms with E-state index in [-0.39, 0.29) is 5.91 Å². The zero-order valence-electron chi connectivity index (χ0n) is 9.60. The molecule has 0 bridgehead atoms. The number of rotatable bonds is 2. The van der Waals surface area contributed by atoms with E-state index in [1.165, 1.54) is 0 Å². The molecule has 6 nitrogen and oxygen atoms in total. The average Bonchev–Trinajstić information content (AvgIpc) is 2.62. The van der Waals surface area contributed by atoms with E-state index >= 15 is 0 Å². The first-order chi connectivity index (χ1) is 7.44. The number of amides is 1. The van der Waals surface area contributed by atoms with Crippen LogP contribution in [0, 0.1) is 0 Å². The maximum Gasteiger partial charge on any atom is 0.252 e. The van der Waals surface area contributed by atoms with Gasteiger partial charge in [0.2, 0.25) is 0 Å². The summed E-state index contributed by atoms with van der Waals surface area (Å²) in [7, 11) is 0. The molecule has 0 radical (unpaired) electrons. The number of hydrogen-bond acceptors (Lipinski definition) is 5. The fourth-order valence-corrected chi connectivity index (χ4v) is 2.06. The second-order valence-corrected chi connectivity index (χ2v) is 4.41. The van der Waals surface area contributed by atoms with Crippen LogP contribution in [-0.4, -0.2) is 47.9 Å². The van der Waals surface area contributed by atoms with Crippen LogP contribution in [0.15, 0.2) is 0 Å². The van der Waals surface area contributed by atoms with Crippen molar-refractivity contribution in [2.75, 3.05) is 6.54 Å². The minimum absolute atomic E-state index is 0.282. The predicted molar refractivity (Wildman–Crippen MR) is 53.4 cm³/mol. The molecule has 2 rings (SSSR count). The van der Waals surface area contributed by atoms with E-state index in [0.29, 0.717) is 6.54 Å². The van der Waals surface area contributed by atoms with Gasteiger partial charge in [0.25, 0.3) is 5.91 Å². The largest absolute Gasteiger partial charge is 0.366 e. The minimum Gasteiger partial charge on any atom is -0.366 e. The molecule has 0 spiro atoms. The number of fused-ring (bicyclic) bond motifs is 1. The van der Waals surface area contributed by atoms with Gasteiger partial charge in [-0.2, -0.15) is 0 Å². The van der Waals surface area contributed by atoms with E-state index in [0.717, 1.165) is 0 Å². The van der Waals surface area contributed by atoms with Gasteiger partial charge in [-0.3, -0.25) is 4.79 Å². The van der Waals surface area contributed by atoms with E-state index in [1.807, 2.05) is 6.92 Å². The lowest BCUT2D eigenvalue weighted by Crippen LogP contribution is -2.42. The number of carbonyl (C=O) groups is 1. The Balaban J connectivity index is 2.10. The number of carbonyl (C=O) groups excluding carboxylic acids is 1. The van der Waals surface area contributed by atoms with Crippen molar-refractivity contribution in [3.05, 3.63) is 0 Å². The molecule has 2 heterocycles. The van der Waals surface area contributed by atoms with Crippen LogP contribution in [-0.2, 0) is 19.0 Å². The highest BCUT2D eigenvalue weighted by Gasteiger charge is 2.57. The first kappa shape index (κ1) is 11.8. The van der Waals surface area contributed by atoms with Gasteiger partial charge in [0, 0.05) is 6.54 Å². The summed E-state index contributed by atoms with van der Waals surface area (Å²) in [5.74, 6) is -1.07. The van der Waals surface area contributed by atoms with Crippen molar-refractivity contribution in [2.45, 2.75) is 51.2 Å². The second-order valence-electron chi connectivity index (χ2n) is 4.41. The summed E-state index contributed by atoms with van der Waals surface area (Å²) in [4.78, 5) is 11.7. The number of hydrogen-bond donors (Lipinski definition) is 2. The molecule has 0 aromatic carbocycles. The van der Waals surface area contributed by atoms with Crippen LogP contribution in [0.4, 0.5) is 0 Å². The molecule has 0 saturated carbocycles. The Morgan fingerprint density at radius 3 is 2.62 bits per heavy atom. The Morgan fingerprint density at radius 2 is 2.00 bits per heavy atom. The lowest BCUT2D eigenvalue weighted by Gasteiger charge is -2.22. The molecular weight excluding hydrogens is 214 g/mol. The van der Waals surface area contributed by atoms with E-state index in [9.17, 15) is 9.90 Å². The van der Waals surface area contributed by atoms with Gasteiger partial charge in [0.15, 0.2) is 18.2 Å². The summed E-state index contributed by atoms with van der Waals surface area (Å²) in [5, 5.41) is 12.2. The molecule has 2 aliphatic rings. The molecule has 6 heteroatoms. The van der Waals surface area contributed by atoms with Gasteiger partial charge in [-0.1, -0.05) is 0 Å². The molecular formula is C10H17NO5. The molecule has 2 saturated heterocycles. The van der Waals surface area contributed by atoms with E-state index < -0.39 is 30.4 Å². The smallest absolute Gasteiger partial charge is 0.252 e. The second kappa shape index (κ2) is 3.96. The van der Waals surface area contributed by atoms with Gasteiger partial charge >= 0.3 is 0 Å². The van der Waals surface area contributed by atoms with Crippen LogP contribution in [0.25, 0.3) is 0 Å². The zero-order valence-corrected chi connectivity index (χ0v) is 9.60. The molecule has 0 unspecified atom stereocenters. The van der Waals surface area contributed by atoms with Crippen LogP contribution >= 0.6 is 0 Å². The molecule has 0 aromatic heterocycles. The van der Waals surface area contributed by atoms with Crippen LogP contribution in [0.5, 0.6) is 0 Å². The third kappa shape index (κ3) is 1.93. The Bertz CT molecular complexity index is 293. The summed E-state index contributed by atoms with van der Waals surface area (Å²) in [5.41, 5.74) is 0. The Labute approximate surface area is 93.9 Å².